The van der Waals surface area contributed by atoms with Gasteiger partial charge in [-0.05, 0) is 42.8 Å². The summed E-state index contributed by atoms with van der Waals surface area (Å²) in [6, 6.07) is 8.01. The average Bonchev–Trinajstić information content (AvgIpc) is 3.32. The molecule has 3 aromatic heterocycles. The summed E-state index contributed by atoms with van der Waals surface area (Å²) < 4.78 is 1.95. The highest BCUT2D eigenvalue weighted by atomic mass is 35.5. The highest BCUT2D eigenvalue weighted by molar-refractivity contribution is 7.09. The molecule has 0 bridgehead atoms. The molecule has 148 valence electrons. The molecular formula is C19H24ClN7S. The SMILES string of the molecule is Cc1nnc(CN=C(NCCc2ccc(Cl)nc2)NCCc2cccs2)n1C. The molecule has 7 nitrogen and oxygen atoms in total. The lowest BCUT2D eigenvalue weighted by Gasteiger charge is -2.12. The minimum atomic E-state index is 0.466. The quantitative estimate of drug-likeness (QED) is 0.334. The van der Waals surface area contributed by atoms with Gasteiger partial charge in [0.2, 0.25) is 0 Å². The smallest absolute Gasteiger partial charge is 0.191 e. The molecule has 0 radical (unpaired) electrons. The van der Waals surface area contributed by atoms with Crippen molar-refractivity contribution >= 4 is 28.9 Å². The van der Waals surface area contributed by atoms with Gasteiger partial charge in [0.25, 0.3) is 0 Å². The van der Waals surface area contributed by atoms with Gasteiger partial charge in [0.15, 0.2) is 11.8 Å². The van der Waals surface area contributed by atoms with Gasteiger partial charge in [-0.3, -0.25) is 0 Å². The van der Waals surface area contributed by atoms with Crippen LogP contribution in [0.5, 0.6) is 0 Å². The number of aryl methyl sites for hydroxylation is 1. The summed E-state index contributed by atoms with van der Waals surface area (Å²) in [5, 5.41) is 17.6. The minimum Gasteiger partial charge on any atom is -0.356 e. The number of halogens is 1. The zero-order valence-corrected chi connectivity index (χ0v) is 17.6. The monoisotopic (exact) mass is 417 g/mol. The third-order valence-corrected chi connectivity index (χ3v) is 5.46. The van der Waals surface area contributed by atoms with Gasteiger partial charge in [0.05, 0.1) is 0 Å². The molecule has 0 aliphatic rings. The van der Waals surface area contributed by atoms with Crippen LogP contribution in [0.15, 0.2) is 40.8 Å². The lowest BCUT2D eigenvalue weighted by atomic mass is 10.2. The fourth-order valence-electron chi connectivity index (χ4n) is 2.55. The molecule has 0 unspecified atom stereocenters. The zero-order chi connectivity index (χ0) is 19.8. The number of thiophene rings is 1. The molecule has 3 heterocycles. The molecule has 0 amide bonds. The van der Waals surface area contributed by atoms with Crippen molar-refractivity contribution in [2.24, 2.45) is 12.0 Å². The van der Waals surface area contributed by atoms with E-state index >= 15 is 0 Å². The highest BCUT2D eigenvalue weighted by Crippen LogP contribution is 2.08. The lowest BCUT2D eigenvalue weighted by molar-refractivity contribution is 0.746. The van der Waals surface area contributed by atoms with Crippen LogP contribution in [0.25, 0.3) is 0 Å². The number of hydrogen-bond acceptors (Lipinski definition) is 5. The van der Waals surface area contributed by atoms with E-state index in [9.17, 15) is 0 Å². The van der Waals surface area contributed by atoms with Crippen LogP contribution in [0.1, 0.15) is 22.1 Å². The molecule has 0 atom stereocenters. The fourth-order valence-corrected chi connectivity index (χ4v) is 3.37. The van der Waals surface area contributed by atoms with Crippen molar-refractivity contribution < 1.29 is 0 Å². The predicted octanol–water partition coefficient (Wildman–Crippen LogP) is 2.75. The number of nitrogens with zero attached hydrogens (tertiary/aromatic N) is 5. The molecule has 3 aromatic rings. The van der Waals surface area contributed by atoms with Gasteiger partial charge in [-0.1, -0.05) is 23.7 Å². The largest absolute Gasteiger partial charge is 0.356 e. The number of aliphatic imine (C=N–C) groups is 1. The fraction of sp³-hybridized carbons (Fsp3) is 0.368. The molecule has 0 saturated carbocycles. The second-order valence-corrected chi connectivity index (χ2v) is 7.73. The van der Waals surface area contributed by atoms with E-state index in [1.165, 1.54) is 4.88 Å². The van der Waals surface area contributed by atoms with Gasteiger partial charge >= 0.3 is 0 Å². The summed E-state index contributed by atoms with van der Waals surface area (Å²) in [4.78, 5) is 10.1. The van der Waals surface area contributed by atoms with Crippen LogP contribution in [0.2, 0.25) is 5.15 Å². The van der Waals surface area contributed by atoms with Crippen molar-refractivity contribution in [2.45, 2.75) is 26.3 Å². The molecule has 0 aliphatic carbocycles. The molecule has 0 fully saturated rings. The summed E-state index contributed by atoms with van der Waals surface area (Å²) in [7, 11) is 1.95. The van der Waals surface area contributed by atoms with E-state index in [2.05, 4.69) is 48.3 Å². The van der Waals surface area contributed by atoms with E-state index in [1.807, 2.05) is 30.7 Å². The maximum atomic E-state index is 5.84. The predicted molar refractivity (Wildman–Crippen MR) is 114 cm³/mol. The first-order valence-electron chi connectivity index (χ1n) is 9.11. The van der Waals surface area contributed by atoms with Gasteiger partial charge in [0, 0.05) is 31.2 Å². The molecule has 0 aliphatic heterocycles. The molecule has 3 rings (SSSR count). The van der Waals surface area contributed by atoms with E-state index in [0.29, 0.717) is 11.7 Å². The maximum absolute atomic E-state index is 5.84. The van der Waals surface area contributed by atoms with E-state index < -0.39 is 0 Å². The molecule has 0 spiro atoms. The number of hydrogen-bond donors (Lipinski definition) is 2. The highest BCUT2D eigenvalue weighted by Gasteiger charge is 2.06. The first kappa shape index (κ1) is 20.3. The second-order valence-electron chi connectivity index (χ2n) is 6.31. The van der Waals surface area contributed by atoms with Gasteiger partial charge in [-0.15, -0.1) is 21.5 Å². The van der Waals surface area contributed by atoms with Crippen LogP contribution in [0.3, 0.4) is 0 Å². The molecule has 0 saturated heterocycles. The number of rotatable bonds is 8. The number of aromatic nitrogens is 4. The third-order valence-electron chi connectivity index (χ3n) is 4.30. The first-order valence-corrected chi connectivity index (χ1v) is 10.4. The van der Waals surface area contributed by atoms with Gasteiger partial charge in [0.1, 0.15) is 17.5 Å². The van der Waals surface area contributed by atoms with Crippen molar-refractivity contribution in [1.82, 2.24) is 30.4 Å². The van der Waals surface area contributed by atoms with E-state index in [0.717, 1.165) is 49.1 Å². The Morgan fingerprint density at radius 1 is 1.18 bits per heavy atom. The van der Waals surface area contributed by atoms with E-state index in [1.54, 1.807) is 17.5 Å². The first-order chi connectivity index (χ1) is 13.6. The van der Waals surface area contributed by atoms with Gasteiger partial charge in [-0.25, -0.2) is 9.98 Å². The lowest BCUT2D eigenvalue weighted by Crippen LogP contribution is -2.39. The van der Waals surface area contributed by atoms with Gasteiger partial charge < -0.3 is 15.2 Å². The van der Waals surface area contributed by atoms with Crippen LogP contribution in [0.4, 0.5) is 0 Å². The van der Waals surface area contributed by atoms with Crippen molar-refractivity contribution in [1.29, 1.82) is 0 Å². The summed E-state index contributed by atoms with van der Waals surface area (Å²) in [5.74, 6) is 2.47. The maximum Gasteiger partial charge on any atom is 0.191 e. The molecule has 0 aromatic carbocycles. The van der Waals surface area contributed by atoms with Crippen LogP contribution in [-0.4, -0.2) is 38.8 Å². The third kappa shape index (κ3) is 6.03. The number of pyridine rings is 1. The second kappa shape index (κ2) is 10.2. The molecule has 2 N–H and O–H groups in total. The minimum absolute atomic E-state index is 0.466. The molecule has 9 heteroatoms. The van der Waals surface area contributed by atoms with Crippen LogP contribution >= 0.6 is 22.9 Å². The van der Waals surface area contributed by atoms with Crippen molar-refractivity contribution in [2.75, 3.05) is 13.1 Å². The van der Waals surface area contributed by atoms with Crippen molar-refractivity contribution in [3.05, 3.63) is 63.1 Å². The van der Waals surface area contributed by atoms with Crippen LogP contribution < -0.4 is 10.6 Å². The zero-order valence-electron chi connectivity index (χ0n) is 16.0. The Hall–Kier alpha value is -2.45. The Kier molecular flexibility index (Phi) is 7.39. The summed E-state index contributed by atoms with van der Waals surface area (Å²) in [5.41, 5.74) is 1.12. The van der Waals surface area contributed by atoms with E-state index in [-0.39, 0.29) is 0 Å². The normalized spacial score (nSPS) is 11.6. The van der Waals surface area contributed by atoms with Gasteiger partial charge in [-0.2, -0.15) is 0 Å². The summed E-state index contributed by atoms with van der Waals surface area (Å²) in [6.07, 6.45) is 3.59. The average molecular weight is 418 g/mol. The number of nitrogens with one attached hydrogen (secondary N) is 2. The van der Waals surface area contributed by atoms with Crippen molar-refractivity contribution in [3.63, 3.8) is 0 Å². The Morgan fingerprint density at radius 3 is 2.64 bits per heavy atom. The Labute approximate surface area is 173 Å². The Bertz CT molecular complexity index is 888. The Balaban J connectivity index is 1.56. The summed E-state index contributed by atoms with van der Waals surface area (Å²) >= 11 is 7.61. The Morgan fingerprint density at radius 2 is 2.00 bits per heavy atom. The topological polar surface area (TPSA) is 80.0 Å². The van der Waals surface area contributed by atoms with Crippen LogP contribution in [0, 0.1) is 6.92 Å². The number of guanidine groups is 1. The van der Waals surface area contributed by atoms with E-state index in [4.69, 9.17) is 11.6 Å². The van der Waals surface area contributed by atoms with Crippen LogP contribution in [-0.2, 0) is 26.4 Å². The summed E-state index contributed by atoms with van der Waals surface area (Å²) in [6.45, 7) is 3.95. The standard InChI is InChI=1S/C19H24ClN7S/c1-14-25-26-18(27(14)2)13-24-19(22-10-8-16-4-3-11-28-16)21-9-7-15-5-6-17(20)23-12-15/h3-6,11-12H,7-10,13H2,1-2H3,(H2,21,22,24). The molecular weight excluding hydrogens is 394 g/mol. The van der Waals surface area contributed by atoms with Crippen molar-refractivity contribution in [3.8, 4) is 0 Å². The molecule has 28 heavy (non-hydrogen) atoms.